The lowest BCUT2D eigenvalue weighted by atomic mass is 9.95. The minimum atomic E-state index is -0.108. The summed E-state index contributed by atoms with van der Waals surface area (Å²) in [4.78, 5) is 11.3. The molecule has 3 N–H and O–H groups in total. The van der Waals surface area contributed by atoms with Crippen molar-refractivity contribution < 1.29 is 0 Å². The van der Waals surface area contributed by atoms with E-state index >= 15 is 0 Å². The maximum absolute atomic E-state index is 5.51. The molecule has 1 atom stereocenters. The molecule has 1 aromatic heterocycles. The number of hydrogen-bond acceptors (Lipinski definition) is 5. The first-order valence-electron chi connectivity index (χ1n) is 6.75. The number of nitrogen functional groups attached to an aromatic ring is 1. The Labute approximate surface area is 116 Å². The lowest BCUT2D eigenvalue weighted by Gasteiger charge is -2.30. The second-order valence-electron chi connectivity index (χ2n) is 6.42. The summed E-state index contributed by atoms with van der Waals surface area (Å²) in [6.07, 6.45) is 0. The van der Waals surface area contributed by atoms with E-state index in [9.17, 15) is 0 Å². The Kier molecular flexibility index (Phi) is 4.74. The number of nitrogens with two attached hydrogens (primary N) is 1. The largest absolute Gasteiger partial charge is 0.357 e. The lowest BCUT2D eigenvalue weighted by Crippen LogP contribution is -2.34. The van der Waals surface area contributed by atoms with Crippen molar-refractivity contribution in [1.29, 1.82) is 0 Å². The first-order valence-corrected chi connectivity index (χ1v) is 6.75. The highest BCUT2D eigenvalue weighted by Gasteiger charge is 2.22. The summed E-state index contributed by atoms with van der Waals surface area (Å²) in [6, 6.07) is 2.28. The van der Waals surface area contributed by atoms with Crippen LogP contribution in [0, 0.1) is 5.92 Å². The Hall–Kier alpha value is -1.36. The van der Waals surface area contributed by atoms with Gasteiger partial charge in [-0.2, -0.15) is 0 Å². The van der Waals surface area contributed by atoms with Crippen molar-refractivity contribution in [2.45, 2.75) is 53.0 Å². The second kappa shape index (κ2) is 5.74. The zero-order chi connectivity index (χ0) is 14.8. The predicted octanol–water partition coefficient (Wildman–Crippen LogP) is 2.54. The minimum absolute atomic E-state index is 0.108. The standard InChI is InChI=1S/C14H27N5/c1-9(2)10(3)19(7)12-8-11(18-15)16-13(17-12)14(4,5)6/h8-10H,15H2,1-7H3,(H,16,17,18). The van der Waals surface area contributed by atoms with E-state index in [4.69, 9.17) is 5.84 Å². The van der Waals surface area contributed by atoms with Gasteiger partial charge in [0.25, 0.3) is 0 Å². The van der Waals surface area contributed by atoms with Gasteiger partial charge in [0.15, 0.2) is 0 Å². The maximum Gasteiger partial charge on any atom is 0.145 e. The highest BCUT2D eigenvalue weighted by Crippen LogP contribution is 2.25. The molecule has 0 bridgehead atoms. The Morgan fingerprint density at radius 3 is 2.21 bits per heavy atom. The van der Waals surface area contributed by atoms with E-state index in [-0.39, 0.29) is 5.41 Å². The Bertz CT molecular complexity index is 422. The molecule has 1 heterocycles. The van der Waals surface area contributed by atoms with E-state index in [1.807, 2.05) is 6.07 Å². The van der Waals surface area contributed by atoms with Crippen LogP contribution in [0.3, 0.4) is 0 Å². The van der Waals surface area contributed by atoms with Crippen LogP contribution in [0.4, 0.5) is 11.6 Å². The third-order valence-corrected chi connectivity index (χ3v) is 3.47. The highest BCUT2D eigenvalue weighted by atomic mass is 15.3. The highest BCUT2D eigenvalue weighted by molar-refractivity contribution is 5.49. The summed E-state index contributed by atoms with van der Waals surface area (Å²) < 4.78 is 0. The van der Waals surface area contributed by atoms with Crippen molar-refractivity contribution in [1.82, 2.24) is 9.97 Å². The van der Waals surface area contributed by atoms with Crippen molar-refractivity contribution >= 4 is 11.6 Å². The predicted molar refractivity (Wildman–Crippen MR) is 81.2 cm³/mol. The zero-order valence-corrected chi connectivity index (χ0v) is 13.2. The fourth-order valence-corrected chi connectivity index (χ4v) is 1.68. The lowest BCUT2D eigenvalue weighted by molar-refractivity contribution is 0.497. The van der Waals surface area contributed by atoms with Crippen LogP contribution in [0.5, 0.6) is 0 Å². The van der Waals surface area contributed by atoms with Crippen LogP contribution in [0.15, 0.2) is 6.07 Å². The van der Waals surface area contributed by atoms with E-state index in [2.05, 4.69) is 68.9 Å². The van der Waals surface area contributed by atoms with Gasteiger partial charge in [0.2, 0.25) is 0 Å². The summed E-state index contributed by atoms with van der Waals surface area (Å²) in [5, 5.41) is 0. The third kappa shape index (κ3) is 3.80. The van der Waals surface area contributed by atoms with Gasteiger partial charge in [-0.25, -0.2) is 15.8 Å². The van der Waals surface area contributed by atoms with Crippen LogP contribution < -0.4 is 16.2 Å². The van der Waals surface area contributed by atoms with Crippen LogP contribution in [0.1, 0.15) is 47.4 Å². The van der Waals surface area contributed by atoms with E-state index in [0.717, 1.165) is 11.6 Å². The molecule has 0 radical (unpaired) electrons. The smallest absolute Gasteiger partial charge is 0.145 e. The summed E-state index contributed by atoms with van der Waals surface area (Å²) in [5.74, 6) is 8.40. The molecule has 0 spiro atoms. The van der Waals surface area contributed by atoms with Gasteiger partial charge in [-0.05, 0) is 12.8 Å². The molecule has 19 heavy (non-hydrogen) atoms. The van der Waals surface area contributed by atoms with Gasteiger partial charge in [0.05, 0.1) is 0 Å². The van der Waals surface area contributed by atoms with Gasteiger partial charge >= 0.3 is 0 Å². The van der Waals surface area contributed by atoms with Crippen molar-refractivity contribution in [3.8, 4) is 0 Å². The fourth-order valence-electron chi connectivity index (χ4n) is 1.68. The molecular formula is C14H27N5. The normalized spacial score (nSPS) is 13.5. The Morgan fingerprint density at radius 1 is 1.21 bits per heavy atom. The molecule has 0 saturated heterocycles. The SMILES string of the molecule is CC(C)C(C)N(C)c1cc(NN)nc(C(C)(C)C)n1. The number of rotatable bonds is 4. The fraction of sp³-hybridized carbons (Fsp3) is 0.714. The van der Waals surface area contributed by atoms with Gasteiger partial charge in [0.1, 0.15) is 17.5 Å². The van der Waals surface area contributed by atoms with Crippen molar-refractivity contribution in [3.05, 3.63) is 11.9 Å². The Balaban J connectivity index is 3.20. The molecule has 1 rings (SSSR count). The second-order valence-corrected chi connectivity index (χ2v) is 6.42. The van der Waals surface area contributed by atoms with Gasteiger partial charge in [-0.15, -0.1) is 0 Å². The molecular weight excluding hydrogens is 238 g/mol. The molecule has 1 unspecified atom stereocenters. The monoisotopic (exact) mass is 265 g/mol. The van der Waals surface area contributed by atoms with Crippen LogP contribution in [0.2, 0.25) is 0 Å². The molecule has 5 nitrogen and oxygen atoms in total. The average Bonchev–Trinajstić information content (AvgIpc) is 2.35. The first kappa shape index (κ1) is 15.7. The van der Waals surface area contributed by atoms with Crippen LogP contribution in [-0.4, -0.2) is 23.1 Å². The van der Waals surface area contributed by atoms with Crippen LogP contribution >= 0.6 is 0 Å². The van der Waals surface area contributed by atoms with Gasteiger partial charge < -0.3 is 10.3 Å². The van der Waals surface area contributed by atoms with E-state index < -0.39 is 0 Å². The van der Waals surface area contributed by atoms with E-state index in [0.29, 0.717) is 17.8 Å². The van der Waals surface area contributed by atoms with Crippen molar-refractivity contribution in [3.63, 3.8) is 0 Å². The van der Waals surface area contributed by atoms with Crippen molar-refractivity contribution in [2.75, 3.05) is 17.4 Å². The number of anilines is 2. The summed E-state index contributed by atoms with van der Waals surface area (Å²) in [6.45, 7) is 12.9. The molecule has 0 aliphatic carbocycles. The molecule has 0 aromatic carbocycles. The van der Waals surface area contributed by atoms with Gasteiger partial charge in [0, 0.05) is 24.6 Å². The molecule has 0 aliphatic rings. The first-order chi connectivity index (χ1) is 8.66. The number of nitrogens with one attached hydrogen (secondary N) is 1. The quantitative estimate of drug-likeness (QED) is 0.647. The topological polar surface area (TPSA) is 67.1 Å². The molecule has 0 aliphatic heterocycles. The van der Waals surface area contributed by atoms with Gasteiger partial charge in [-0.1, -0.05) is 34.6 Å². The third-order valence-electron chi connectivity index (χ3n) is 3.47. The number of hydrazine groups is 1. The molecule has 1 aromatic rings. The van der Waals surface area contributed by atoms with Crippen LogP contribution in [0.25, 0.3) is 0 Å². The Morgan fingerprint density at radius 2 is 1.79 bits per heavy atom. The van der Waals surface area contributed by atoms with E-state index in [1.54, 1.807) is 0 Å². The minimum Gasteiger partial charge on any atom is -0.357 e. The zero-order valence-electron chi connectivity index (χ0n) is 13.2. The molecule has 0 saturated carbocycles. The molecule has 5 heteroatoms. The average molecular weight is 265 g/mol. The number of hydrogen-bond donors (Lipinski definition) is 2. The number of aromatic nitrogens is 2. The number of nitrogens with zero attached hydrogens (tertiary/aromatic N) is 3. The van der Waals surface area contributed by atoms with Crippen LogP contribution in [-0.2, 0) is 5.41 Å². The van der Waals surface area contributed by atoms with E-state index in [1.165, 1.54) is 0 Å². The van der Waals surface area contributed by atoms with Gasteiger partial charge in [-0.3, -0.25) is 0 Å². The summed E-state index contributed by atoms with van der Waals surface area (Å²) in [5.41, 5.74) is 2.52. The summed E-state index contributed by atoms with van der Waals surface area (Å²) >= 11 is 0. The molecule has 0 fully saturated rings. The summed E-state index contributed by atoms with van der Waals surface area (Å²) in [7, 11) is 2.06. The molecule has 0 amide bonds. The maximum atomic E-state index is 5.51. The molecule has 108 valence electrons. The van der Waals surface area contributed by atoms with Crippen molar-refractivity contribution in [2.24, 2.45) is 11.8 Å².